The summed E-state index contributed by atoms with van der Waals surface area (Å²) in [5.41, 5.74) is 1.99. The number of benzene rings is 1. The third-order valence-corrected chi connectivity index (χ3v) is 5.81. The van der Waals surface area contributed by atoms with Crippen LogP contribution in [0.15, 0.2) is 24.3 Å². The Balaban J connectivity index is 1.53. The van der Waals surface area contributed by atoms with Gasteiger partial charge < -0.3 is 9.88 Å². The van der Waals surface area contributed by atoms with Crippen molar-refractivity contribution < 1.29 is 4.79 Å². The maximum atomic E-state index is 13.2. The van der Waals surface area contributed by atoms with Crippen molar-refractivity contribution in [1.82, 2.24) is 20.1 Å². The summed E-state index contributed by atoms with van der Waals surface area (Å²) < 4.78 is 2.18. The quantitative estimate of drug-likeness (QED) is 0.932. The number of rotatable bonds is 4. The van der Waals surface area contributed by atoms with Crippen molar-refractivity contribution >= 4 is 5.91 Å². The normalized spacial score (nSPS) is 18.8. The third-order valence-electron chi connectivity index (χ3n) is 5.81. The van der Waals surface area contributed by atoms with Gasteiger partial charge in [-0.05, 0) is 38.2 Å². The lowest BCUT2D eigenvalue weighted by atomic mass is 9.77. The van der Waals surface area contributed by atoms with Gasteiger partial charge in [-0.1, -0.05) is 42.7 Å². The molecule has 1 aromatic heterocycles. The second kappa shape index (κ2) is 6.62. The van der Waals surface area contributed by atoms with Gasteiger partial charge in [0.25, 0.3) is 0 Å². The van der Waals surface area contributed by atoms with Gasteiger partial charge in [-0.25, -0.2) is 0 Å². The number of carbonyl (C=O) groups is 1. The predicted molar refractivity (Wildman–Crippen MR) is 96.1 cm³/mol. The van der Waals surface area contributed by atoms with Gasteiger partial charge in [-0.15, -0.1) is 10.2 Å². The first kappa shape index (κ1) is 16.3. The Hall–Kier alpha value is -2.17. The molecule has 2 heterocycles. The van der Waals surface area contributed by atoms with E-state index in [0.717, 1.165) is 55.9 Å². The summed E-state index contributed by atoms with van der Waals surface area (Å²) in [7, 11) is 0. The molecule has 0 spiro atoms. The number of amides is 1. The van der Waals surface area contributed by atoms with E-state index in [9.17, 15) is 4.79 Å². The smallest absolute Gasteiger partial charge is 0.231 e. The van der Waals surface area contributed by atoms with Crippen molar-refractivity contribution in [1.29, 1.82) is 0 Å². The zero-order valence-electron chi connectivity index (χ0n) is 14.9. The van der Waals surface area contributed by atoms with E-state index in [1.807, 2.05) is 0 Å². The zero-order valence-corrected chi connectivity index (χ0v) is 14.9. The van der Waals surface area contributed by atoms with Crippen LogP contribution in [-0.2, 0) is 29.7 Å². The van der Waals surface area contributed by atoms with Crippen molar-refractivity contribution in [3.05, 3.63) is 47.0 Å². The van der Waals surface area contributed by atoms with E-state index in [-0.39, 0.29) is 11.3 Å². The number of hydrogen-bond acceptors (Lipinski definition) is 3. The molecule has 1 aliphatic carbocycles. The molecule has 0 radical (unpaired) electrons. The number of nitrogens with one attached hydrogen (secondary N) is 1. The molecule has 1 aromatic carbocycles. The minimum Gasteiger partial charge on any atom is -0.348 e. The van der Waals surface area contributed by atoms with Crippen LogP contribution in [0.4, 0.5) is 0 Å². The Morgan fingerprint density at radius 1 is 1.20 bits per heavy atom. The van der Waals surface area contributed by atoms with Crippen molar-refractivity contribution in [3.8, 4) is 0 Å². The molecule has 1 saturated carbocycles. The van der Waals surface area contributed by atoms with E-state index < -0.39 is 0 Å². The van der Waals surface area contributed by atoms with Crippen LogP contribution in [0.25, 0.3) is 0 Å². The molecule has 0 unspecified atom stereocenters. The van der Waals surface area contributed by atoms with Gasteiger partial charge in [0, 0.05) is 13.0 Å². The molecule has 5 nitrogen and oxygen atoms in total. The van der Waals surface area contributed by atoms with Crippen molar-refractivity contribution in [3.63, 3.8) is 0 Å². The molecule has 25 heavy (non-hydrogen) atoms. The lowest BCUT2D eigenvalue weighted by Gasteiger charge is -2.28. The molecule has 1 amide bonds. The number of aryl methyl sites for hydroxylation is 2. The average molecular weight is 338 g/mol. The maximum Gasteiger partial charge on any atom is 0.231 e. The van der Waals surface area contributed by atoms with Gasteiger partial charge in [0.05, 0.1) is 12.0 Å². The molecule has 5 heteroatoms. The third kappa shape index (κ3) is 2.96. The molecular weight excluding hydrogens is 312 g/mol. The number of nitrogens with zero attached hydrogens (tertiary/aromatic N) is 3. The molecule has 2 aliphatic rings. The molecule has 0 saturated heterocycles. The number of carbonyl (C=O) groups excluding carboxylic acids is 1. The predicted octanol–water partition coefficient (Wildman–Crippen LogP) is 3.05. The molecule has 1 aliphatic heterocycles. The lowest BCUT2D eigenvalue weighted by Crippen LogP contribution is -2.42. The monoisotopic (exact) mass is 338 g/mol. The summed E-state index contributed by atoms with van der Waals surface area (Å²) in [4.78, 5) is 13.2. The van der Waals surface area contributed by atoms with Gasteiger partial charge in [-0.2, -0.15) is 0 Å². The molecule has 132 valence electrons. The fraction of sp³-hybridized carbons (Fsp3) is 0.550. The number of aromatic nitrogens is 3. The number of fused-ring (bicyclic) bond motifs is 1. The second-order valence-electron chi connectivity index (χ2n) is 7.48. The summed E-state index contributed by atoms with van der Waals surface area (Å²) in [6.07, 6.45) is 7.43. The van der Waals surface area contributed by atoms with Crippen LogP contribution in [0.3, 0.4) is 0 Å². The Labute approximate surface area is 148 Å². The van der Waals surface area contributed by atoms with Crippen LogP contribution < -0.4 is 5.32 Å². The van der Waals surface area contributed by atoms with Crippen LogP contribution in [0, 0.1) is 6.92 Å². The van der Waals surface area contributed by atoms with Gasteiger partial charge in [0.1, 0.15) is 5.82 Å². The van der Waals surface area contributed by atoms with Crippen LogP contribution >= 0.6 is 0 Å². The van der Waals surface area contributed by atoms with E-state index in [2.05, 4.69) is 51.3 Å². The molecule has 0 atom stereocenters. The summed E-state index contributed by atoms with van der Waals surface area (Å²) >= 11 is 0. The van der Waals surface area contributed by atoms with E-state index in [0.29, 0.717) is 6.54 Å². The zero-order chi connectivity index (χ0) is 17.3. The summed E-state index contributed by atoms with van der Waals surface area (Å²) in [6, 6.07) is 8.43. The van der Waals surface area contributed by atoms with E-state index in [4.69, 9.17) is 0 Å². The van der Waals surface area contributed by atoms with Gasteiger partial charge in [-0.3, -0.25) is 4.79 Å². The summed E-state index contributed by atoms with van der Waals surface area (Å²) in [5, 5.41) is 11.8. The first-order valence-corrected chi connectivity index (χ1v) is 9.45. The largest absolute Gasteiger partial charge is 0.348 e. The molecule has 0 bridgehead atoms. The topological polar surface area (TPSA) is 59.8 Å². The Kier molecular flexibility index (Phi) is 4.32. The van der Waals surface area contributed by atoms with Crippen LogP contribution in [0.2, 0.25) is 0 Å². The van der Waals surface area contributed by atoms with E-state index in [1.54, 1.807) is 0 Å². The minimum atomic E-state index is -0.378. The SMILES string of the molecule is Cc1cccc(C2(C(=O)NCc3nnc4n3CCCC4)CCCC2)c1. The van der Waals surface area contributed by atoms with E-state index >= 15 is 0 Å². The van der Waals surface area contributed by atoms with Gasteiger partial charge >= 0.3 is 0 Å². The van der Waals surface area contributed by atoms with Crippen LogP contribution in [-0.4, -0.2) is 20.7 Å². The highest BCUT2D eigenvalue weighted by atomic mass is 16.2. The Bertz CT molecular complexity index is 774. The fourth-order valence-corrected chi connectivity index (χ4v) is 4.40. The average Bonchev–Trinajstić information content (AvgIpc) is 3.28. The Morgan fingerprint density at radius 2 is 2.04 bits per heavy atom. The first-order valence-electron chi connectivity index (χ1n) is 9.45. The molecule has 1 N–H and O–H groups in total. The summed E-state index contributed by atoms with van der Waals surface area (Å²) in [6.45, 7) is 3.53. The minimum absolute atomic E-state index is 0.142. The fourth-order valence-electron chi connectivity index (χ4n) is 4.40. The highest BCUT2D eigenvalue weighted by Crippen LogP contribution is 2.41. The van der Waals surface area contributed by atoms with Crippen LogP contribution in [0.5, 0.6) is 0 Å². The highest BCUT2D eigenvalue weighted by Gasteiger charge is 2.42. The van der Waals surface area contributed by atoms with Crippen molar-refractivity contribution in [2.24, 2.45) is 0 Å². The molecule has 4 rings (SSSR count). The van der Waals surface area contributed by atoms with Crippen LogP contribution in [0.1, 0.15) is 61.3 Å². The van der Waals surface area contributed by atoms with E-state index in [1.165, 1.54) is 18.4 Å². The molecular formula is C20H26N4O. The molecule has 2 aromatic rings. The number of hydrogen-bond donors (Lipinski definition) is 1. The standard InChI is InChI=1S/C20H26N4O/c1-15-7-6-8-16(13-15)20(10-3-4-11-20)19(25)21-14-18-23-22-17-9-2-5-12-24(17)18/h6-8,13H,2-5,9-12,14H2,1H3,(H,21,25). The molecule has 1 fully saturated rings. The van der Waals surface area contributed by atoms with Gasteiger partial charge in [0.15, 0.2) is 5.82 Å². The summed E-state index contributed by atoms with van der Waals surface area (Å²) in [5.74, 6) is 2.09. The maximum absolute atomic E-state index is 13.2. The Morgan fingerprint density at radius 3 is 2.84 bits per heavy atom. The van der Waals surface area contributed by atoms with Gasteiger partial charge in [0.2, 0.25) is 5.91 Å². The van der Waals surface area contributed by atoms with Crippen molar-refractivity contribution in [2.75, 3.05) is 0 Å². The van der Waals surface area contributed by atoms with Crippen molar-refractivity contribution in [2.45, 2.75) is 70.4 Å². The first-order chi connectivity index (χ1) is 12.2. The second-order valence-corrected chi connectivity index (χ2v) is 7.48. The highest BCUT2D eigenvalue weighted by molar-refractivity contribution is 5.88. The lowest BCUT2D eigenvalue weighted by molar-refractivity contribution is -0.126.